The van der Waals surface area contributed by atoms with E-state index in [9.17, 15) is 9.18 Å². The third-order valence-corrected chi connectivity index (χ3v) is 5.35. The third kappa shape index (κ3) is 4.22. The van der Waals surface area contributed by atoms with Crippen LogP contribution in [-0.4, -0.2) is 51.7 Å². The summed E-state index contributed by atoms with van der Waals surface area (Å²) in [6.45, 7) is 6.43. The maximum absolute atomic E-state index is 13.3. The van der Waals surface area contributed by atoms with Crippen LogP contribution in [0.4, 0.5) is 4.39 Å². The predicted octanol–water partition coefficient (Wildman–Crippen LogP) is 3.22. The van der Waals surface area contributed by atoms with E-state index in [1.807, 2.05) is 21.8 Å². The first-order valence-electron chi connectivity index (χ1n) is 9.75. The van der Waals surface area contributed by atoms with Gasteiger partial charge in [-0.15, -0.1) is 0 Å². The minimum atomic E-state index is -0.201. The molecular formula is C22H25FN4O. The van der Waals surface area contributed by atoms with E-state index in [0.29, 0.717) is 26.1 Å². The summed E-state index contributed by atoms with van der Waals surface area (Å²) >= 11 is 0. The fraction of sp³-hybridized carbons (Fsp3) is 0.364. The molecular weight excluding hydrogens is 355 g/mol. The van der Waals surface area contributed by atoms with Gasteiger partial charge in [-0.05, 0) is 36.8 Å². The first kappa shape index (κ1) is 18.6. The van der Waals surface area contributed by atoms with E-state index < -0.39 is 0 Å². The number of halogens is 1. The van der Waals surface area contributed by atoms with Crippen LogP contribution < -0.4 is 0 Å². The average Bonchev–Trinajstić information content (AvgIpc) is 3.08. The van der Waals surface area contributed by atoms with E-state index in [4.69, 9.17) is 0 Å². The minimum absolute atomic E-state index is 0.168. The van der Waals surface area contributed by atoms with E-state index in [1.165, 1.54) is 11.6 Å². The maximum atomic E-state index is 13.3. The van der Waals surface area contributed by atoms with Crippen molar-refractivity contribution in [3.05, 3.63) is 65.6 Å². The van der Waals surface area contributed by atoms with Crippen LogP contribution in [0.5, 0.6) is 0 Å². The Hall–Kier alpha value is -2.73. The number of nitrogens with zero attached hydrogens (tertiary/aromatic N) is 4. The van der Waals surface area contributed by atoms with Crippen LogP contribution in [0.2, 0.25) is 0 Å². The van der Waals surface area contributed by atoms with Gasteiger partial charge in [0.25, 0.3) is 0 Å². The highest BCUT2D eigenvalue weighted by Crippen LogP contribution is 2.16. The van der Waals surface area contributed by atoms with E-state index >= 15 is 0 Å². The molecule has 0 spiro atoms. The second-order valence-corrected chi connectivity index (χ2v) is 7.47. The van der Waals surface area contributed by atoms with Crippen LogP contribution >= 0.6 is 0 Å². The minimum Gasteiger partial charge on any atom is -0.340 e. The van der Waals surface area contributed by atoms with Crippen LogP contribution in [0, 0.1) is 12.7 Å². The number of piperazine rings is 1. The van der Waals surface area contributed by atoms with Crippen molar-refractivity contribution >= 4 is 16.8 Å². The van der Waals surface area contributed by atoms with Crippen LogP contribution in [-0.2, 0) is 17.9 Å². The lowest BCUT2D eigenvalue weighted by Gasteiger charge is -2.34. The number of benzene rings is 2. The molecule has 28 heavy (non-hydrogen) atoms. The second kappa shape index (κ2) is 8.10. The Morgan fingerprint density at radius 2 is 1.93 bits per heavy atom. The summed E-state index contributed by atoms with van der Waals surface area (Å²) in [6, 6.07) is 13.0. The van der Waals surface area contributed by atoms with Gasteiger partial charge >= 0.3 is 0 Å². The summed E-state index contributed by atoms with van der Waals surface area (Å²) in [6.07, 6.45) is 2.31. The number of carbonyl (C=O) groups is 1. The fourth-order valence-corrected chi connectivity index (χ4v) is 3.79. The van der Waals surface area contributed by atoms with Gasteiger partial charge in [-0.3, -0.25) is 14.4 Å². The number of aryl methyl sites for hydroxylation is 2. The molecule has 0 atom stereocenters. The van der Waals surface area contributed by atoms with Crippen molar-refractivity contribution in [2.24, 2.45) is 0 Å². The van der Waals surface area contributed by atoms with Crippen molar-refractivity contribution in [3.8, 4) is 0 Å². The van der Waals surface area contributed by atoms with Crippen molar-refractivity contribution in [1.29, 1.82) is 0 Å². The van der Waals surface area contributed by atoms with Crippen molar-refractivity contribution in [1.82, 2.24) is 19.6 Å². The molecule has 0 bridgehead atoms. The van der Waals surface area contributed by atoms with Gasteiger partial charge in [0.05, 0.1) is 18.3 Å². The van der Waals surface area contributed by atoms with Gasteiger partial charge in [-0.1, -0.05) is 23.8 Å². The van der Waals surface area contributed by atoms with Crippen LogP contribution in [0.25, 0.3) is 10.9 Å². The molecule has 1 amide bonds. The molecule has 0 N–H and O–H groups in total. The van der Waals surface area contributed by atoms with E-state index in [-0.39, 0.29) is 11.7 Å². The van der Waals surface area contributed by atoms with Gasteiger partial charge in [-0.2, -0.15) is 5.10 Å². The number of fused-ring (bicyclic) bond motifs is 1. The Bertz CT molecular complexity index is 976. The molecule has 1 saturated heterocycles. The Balaban J connectivity index is 1.28. The first-order chi connectivity index (χ1) is 13.6. The molecule has 1 aliphatic heterocycles. The number of hydrogen-bond donors (Lipinski definition) is 0. The summed E-state index contributed by atoms with van der Waals surface area (Å²) in [4.78, 5) is 16.8. The van der Waals surface area contributed by atoms with Gasteiger partial charge in [0, 0.05) is 44.5 Å². The highest BCUT2D eigenvalue weighted by atomic mass is 19.1. The summed E-state index contributed by atoms with van der Waals surface area (Å²) in [5.74, 6) is -0.0335. The molecule has 0 radical (unpaired) electrons. The number of rotatable bonds is 5. The normalized spacial score (nSPS) is 15.3. The molecule has 1 aromatic heterocycles. The number of amides is 1. The lowest BCUT2D eigenvalue weighted by atomic mass is 10.2. The van der Waals surface area contributed by atoms with Gasteiger partial charge in [0.1, 0.15) is 5.82 Å². The van der Waals surface area contributed by atoms with Crippen molar-refractivity contribution < 1.29 is 9.18 Å². The van der Waals surface area contributed by atoms with Gasteiger partial charge in [-0.25, -0.2) is 4.39 Å². The molecule has 0 unspecified atom stereocenters. The SMILES string of the molecule is Cc1ccc2c(cnn2CCC(=O)N2CCN(Cc3cccc(F)c3)CC2)c1. The predicted molar refractivity (Wildman–Crippen MR) is 107 cm³/mol. The Labute approximate surface area is 164 Å². The lowest BCUT2D eigenvalue weighted by Crippen LogP contribution is -2.48. The molecule has 3 aromatic rings. The summed E-state index contributed by atoms with van der Waals surface area (Å²) in [5, 5.41) is 5.54. The van der Waals surface area contributed by atoms with Gasteiger partial charge in [0.2, 0.25) is 5.91 Å². The molecule has 2 heterocycles. The standard InChI is InChI=1S/C22H25FN4O/c1-17-5-6-21-19(13-17)15-24-27(21)8-7-22(28)26-11-9-25(10-12-26)16-18-3-2-4-20(23)14-18/h2-6,13-15H,7-12,16H2,1H3. The number of carbonyl (C=O) groups excluding carboxylic acids is 1. The van der Waals surface area contributed by atoms with Crippen LogP contribution in [0.15, 0.2) is 48.7 Å². The molecule has 5 nitrogen and oxygen atoms in total. The van der Waals surface area contributed by atoms with Crippen molar-refractivity contribution in [3.63, 3.8) is 0 Å². The van der Waals surface area contributed by atoms with Gasteiger partial charge < -0.3 is 4.90 Å². The summed E-state index contributed by atoms with van der Waals surface area (Å²) in [7, 11) is 0. The topological polar surface area (TPSA) is 41.4 Å². The zero-order valence-electron chi connectivity index (χ0n) is 16.1. The Morgan fingerprint density at radius 3 is 2.71 bits per heavy atom. The zero-order valence-corrected chi connectivity index (χ0v) is 16.1. The summed E-state index contributed by atoms with van der Waals surface area (Å²) < 4.78 is 15.2. The highest BCUT2D eigenvalue weighted by Gasteiger charge is 2.21. The molecule has 146 valence electrons. The zero-order chi connectivity index (χ0) is 19.5. The fourth-order valence-electron chi connectivity index (χ4n) is 3.79. The maximum Gasteiger partial charge on any atom is 0.224 e. The molecule has 0 saturated carbocycles. The quantitative estimate of drug-likeness (QED) is 0.683. The molecule has 1 aliphatic rings. The largest absolute Gasteiger partial charge is 0.340 e. The molecule has 6 heteroatoms. The molecule has 4 rings (SSSR count). The third-order valence-electron chi connectivity index (χ3n) is 5.35. The Kier molecular flexibility index (Phi) is 5.39. The highest BCUT2D eigenvalue weighted by molar-refractivity contribution is 5.80. The molecule has 0 aliphatic carbocycles. The number of hydrogen-bond acceptors (Lipinski definition) is 3. The van der Waals surface area contributed by atoms with E-state index in [2.05, 4.69) is 35.1 Å². The second-order valence-electron chi connectivity index (χ2n) is 7.47. The Morgan fingerprint density at radius 1 is 1.11 bits per heavy atom. The van der Waals surface area contributed by atoms with E-state index in [1.54, 1.807) is 12.1 Å². The summed E-state index contributed by atoms with van der Waals surface area (Å²) in [5.41, 5.74) is 3.25. The molecule has 2 aromatic carbocycles. The smallest absolute Gasteiger partial charge is 0.224 e. The van der Waals surface area contributed by atoms with Crippen molar-refractivity contribution in [2.45, 2.75) is 26.4 Å². The monoisotopic (exact) mass is 380 g/mol. The van der Waals surface area contributed by atoms with E-state index in [0.717, 1.165) is 36.1 Å². The van der Waals surface area contributed by atoms with Crippen molar-refractivity contribution in [2.75, 3.05) is 26.2 Å². The average molecular weight is 380 g/mol. The molecule has 1 fully saturated rings. The lowest BCUT2D eigenvalue weighted by molar-refractivity contribution is -0.133. The first-order valence-corrected chi connectivity index (χ1v) is 9.75. The van der Waals surface area contributed by atoms with Crippen LogP contribution in [0.1, 0.15) is 17.5 Å². The number of aromatic nitrogens is 2. The van der Waals surface area contributed by atoms with Crippen LogP contribution in [0.3, 0.4) is 0 Å². The van der Waals surface area contributed by atoms with Gasteiger partial charge in [0.15, 0.2) is 0 Å².